The van der Waals surface area contributed by atoms with Crippen molar-refractivity contribution in [3.05, 3.63) is 325 Å². The third-order valence-electron chi connectivity index (χ3n) is 20.4. The quantitative estimate of drug-likeness (QED) is 0.0515. The Morgan fingerprint density at radius 1 is 0.357 bits per heavy atom. The highest BCUT2D eigenvalue weighted by Gasteiger charge is 2.23. The maximum Gasteiger partial charge on any atom is 0.229 e. The summed E-state index contributed by atoms with van der Waals surface area (Å²) in [5.41, 5.74) is 16.5. The molecule has 0 saturated carbocycles. The molecule has 0 atom stereocenters. The monoisotopic (exact) mass is 1690 g/mol. The maximum atomic E-state index is 14.6. The van der Waals surface area contributed by atoms with E-state index in [1.807, 2.05) is 103 Å². The molecule has 0 bridgehead atoms. The number of piperazine rings is 2. The number of anilines is 6. The Morgan fingerprint density at radius 2 is 0.786 bits per heavy atom. The van der Waals surface area contributed by atoms with Crippen LogP contribution in [0.3, 0.4) is 0 Å². The van der Waals surface area contributed by atoms with Crippen LogP contribution in [0.4, 0.5) is 47.8 Å². The minimum atomic E-state index is -0.623. The van der Waals surface area contributed by atoms with Gasteiger partial charge in [-0.1, -0.05) is 66.7 Å². The van der Waals surface area contributed by atoms with Crippen LogP contribution in [0.1, 0.15) is 58.6 Å². The van der Waals surface area contributed by atoms with Crippen LogP contribution >= 0.6 is 0 Å². The molecular weight excluding hydrogens is 1600 g/mol. The molecule has 10 aromatic heterocycles. The van der Waals surface area contributed by atoms with Crippen LogP contribution in [0.5, 0.6) is 0 Å². The lowest BCUT2D eigenvalue weighted by Crippen LogP contribution is -2.48. The normalized spacial score (nSPS) is 12.1. The van der Waals surface area contributed by atoms with Crippen molar-refractivity contribution in [2.75, 3.05) is 83.4 Å². The second kappa shape index (κ2) is 42.4. The first kappa shape index (κ1) is 87.7. The molecular formula is C96H86F3N21O6. The maximum absolute atomic E-state index is 14.6. The van der Waals surface area contributed by atoms with Gasteiger partial charge in [0.25, 0.3) is 0 Å². The molecule has 6 amide bonds. The highest BCUT2D eigenvalue weighted by atomic mass is 19.1. The molecule has 2 fully saturated rings. The molecule has 4 aromatic carbocycles. The molecule has 4 N–H and O–H groups in total. The van der Waals surface area contributed by atoms with E-state index in [0.717, 1.165) is 99.1 Å². The summed E-state index contributed by atoms with van der Waals surface area (Å²) in [7, 11) is 0. The van der Waals surface area contributed by atoms with Crippen molar-refractivity contribution in [2.45, 2.75) is 60.3 Å². The van der Waals surface area contributed by atoms with Gasteiger partial charge in [0.15, 0.2) is 0 Å². The highest BCUT2D eigenvalue weighted by molar-refractivity contribution is 5.94. The zero-order chi connectivity index (χ0) is 88.4. The SMILES string of the molecule is CC(=O)N1CCN(c2ccc(NC(=O)Cc3ccc(-c4ccnc(C)c4)c(F)c3)nc2)CC1.CC(=O)N1CCN(c2ccc(NC(=O)Cc3ccc(-c4ncccc4F)c(C)c3)nc2)CC1.Cc1cc(-c2ccc(CC(=O)Nc3ccc(-c4cnccn4)cn3)cc2)ccn1.N#Cc1cc(CC(=O)Nc2ccc(-c3cnccn3)cn2)ccc1-c1ccnc(F)c1. The van der Waals surface area contributed by atoms with E-state index in [2.05, 4.69) is 96.9 Å². The molecule has 632 valence electrons. The fourth-order valence-electron chi connectivity index (χ4n) is 13.9. The second-order valence-electron chi connectivity index (χ2n) is 29.5. The van der Waals surface area contributed by atoms with E-state index in [1.54, 1.807) is 179 Å². The van der Waals surface area contributed by atoms with Gasteiger partial charge in [-0.15, -0.1) is 0 Å². The lowest BCUT2D eigenvalue weighted by molar-refractivity contribution is -0.129. The number of nitrogens with one attached hydrogen (secondary N) is 4. The van der Waals surface area contributed by atoms with Crippen molar-refractivity contribution in [1.82, 2.24) is 69.6 Å². The Kier molecular flexibility index (Phi) is 29.6. The summed E-state index contributed by atoms with van der Waals surface area (Å²) in [6, 6.07) is 53.3. The smallest absolute Gasteiger partial charge is 0.229 e. The Hall–Kier alpha value is -16.1. The Balaban J connectivity index is 0.000000144. The van der Waals surface area contributed by atoms with Crippen LogP contribution in [0.25, 0.3) is 67.2 Å². The number of rotatable bonds is 20. The Morgan fingerprint density at radius 3 is 1.21 bits per heavy atom. The van der Waals surface area contributed by atoms with Crippen LogP contribution in [0.15, 0.2) is 263 Å². The van der Waals surface area contributed by atoms with Gasteiger partial charge in [-0.3, -0.25) is 63.7 Å². The van der Waals surface area contributed by atoms with E-state index >= 15 is 0 Å². The van der Waals surface area contributed by atoms with Crippen LogP contribution in [0, 0.1) is 49.7 Å². The molecule has 12 heterocycles. The third kappa shape index (κ3) is 24.6. The van der Waals surface area contributed by atoms with Crippen molar-refractivity contribution < 1.29 is 41.9 Å². The fraction of sp³-hybridized carbons (Fsp3) is 0.177. The van der Waals surface area contributed by atoms with Crippen molar-refractivity contribution in [3.8, 4) is 73.2 Å². The standard InChI is InChI=1S/2C25H26FN5O2.C23H15FN6O.C23H19N5O/c1-17-13-20(7-8-27-17)22-5-3-19(14-23(22)26)15-25(33)29-24-6-4-21(16-28-24)31-11-9-30(10-12-31)18(2)32;1-17-14-19(5-7-21(17)25-22(26)4-3-9-27-25)15-24(33)29-23-8-6-20(16-28-23)31-12-10-30(11-13-31)18(2)32;24-21-11-16(5-6-28-21)19-3-1-15(9-18(19)12-25)10-23(31)30-22-4-2-17(13-29-22)20-14-26-7-8-27-20;1-16-12-19(8-9-25-16)18-4-2-17(3-5-18)13-23(29)28-22-7-6-20(14-27-22)21-15-24-10-11-26-21/h3-8,13-14,16H,9-12,15H2,1-2H3,(H,28,29,33);3-9,14,16H,10-13,15H2,1-2H3,(H,28,29,33);1-9,11,13-14H,10H2,(H,29,30,31);2-12,14-15H,13H2,1H3,(H,27,28,29). The fourth-order valence-corrected chi connectivity index (χ4v) is 13.9. The number of carbonyl (C=O) groups excluding carboxylic acids is 6. The minimum absolute atomic E-state index is 0.0447. The minimum Gasteiger partial charge on any atom is -0.367 e. The molecule has 2 aliphatic rings. The molecule has 2 saturated heterocycles. The van der Waals surface area contributed by atoms with Crippen molar-refractivity contribution in [3.63, 3.8) is 0 Å². The van der Waals surface area contributed by atoms with Gasteiger partial charge in [-0.25, -0.2) is 33.7 Å². The summed E-state index contributed by atoms with van der Waals surface area (Å²) >= 11 is 0. The summed E-state index contributed by atoms with van der Waals surface area (Å²) < 4.78 is 42.1. The lowest BCUT2D eigenvalue weighted by atomic mass is 9.98. The summed E-state index contributed by atoms with van der Waals surface area (Å²) in [5.74, 6) is -0.184. The first-order valence-electron chi connectivity index (χ1n) is 40.2. The Bertz CT molecular complexity index is 6210. The average Bonchev–Trinajstić information content (AvgIpc) is 0.834. The van der Waals surface area contributed by atoms with Gasteiger partial charge >= 0.3 is 0 Å². The first-order chi connectivity index (χ1) is 61.1. The van der Waals surface area contributed by atoms with Gasteiger partial charge in [0.2, 0.25) is 41.4 Å². The van der Waals surface area contributed by atoms with Gasteiger partial charge < -0.3 is 40.9 Å². The molecule has 14 aromatic rings. The van der Waals surface area contributed by atoms with Crippen molar-refractivity contribution >= 4 is 70.1 Å². The molecule has 0 spiro atoms. The van der Waals surface area contributed by atoms with Gasteiger partial charge in [-0.05, 0) is 180 Å². The molecule has 0 unspecified atom stereocenters. The number of aromatic nitrogens is 12. The molecule has 2 aliphatic heterocycles. The number of nitrogens with zero attached hydrogens (tertiary/aromatic N) is 17. The summed E-state index contributed by atoms with van der Waals surface area (Å²) in [4.78, 5) is 130. The Labute approximate surface area is 725 Å². The zero-order valence-electron chi connectivity index (χ0n) is 69.5. The first-order valence-corrected chi connectivity index (χ1v) is 40.2. The van der Waals surface area contributed by atoms with Crippen LogP contribution < -0.4 is 31.1 Å². The largest absolute Gasteiger partial charge is 0.367 e. The average molecular weight is 1690 g/mol. The molecule has 0 radical (unpaired) electrons. The van der Waals surface area contributed by atoms with Gasteiger partial charge in [-0.2, -0.15) is 9.65 Å². The number of carbonyl (C=O) groups is 6. The summed E-state index contributed by atoms with van der Waals surface area (Å²) in [6.07, 6.45) is 23.4. The molecule has 0 aliphatic carbocycles. The van der Waals surface area contributed by atoms with Crippen LogP contribution in [-0.2, 0) is 54.5 Å². The van der Waals surface area contributed by atoms with E-state index in [0.29, 0.717) is 99.8 Å². The highest BCUT2D eigenvalue weighted by Crippen LogP contribution is 2.31. The molecule has 126 heavy (non-hydrogen) atoms. The molecule has 16 rings (SSSR count). The van der Waals surface area contributed by atoms with Crippen molar-refractivity contribution in [1.29, 1.82) is 5.26 Å². The van der Waals surface area contributed by atoms with E-state index in [4.69, 9.17) is 0 Å². The van der Waals surface area contributed by atoms with Crippen LogP contribution in [0.2, 0.25) is 0 Å². The predicted molar refractivity (Wildman–Crippen MR) is 475 cm³/mol. The van der Waals surface area contributed by atoms with Gasteiger partial charge in [0, 0.05) is 168 Å². The predicted octanol–water partition coefficient (Wildman–Crippen LogP) is 14.8. The number of amides is 6. The van der Waals surface area contributed by atoms with E-state index in [1.165, 1.54) is 24.4 Å². The summed E-state index contributed by atoms with van der Waals surface area (Å²) in [5, 5.41) is 20.6. The topological polar surface area (TPSA) is 342 Å². The van der Waals surface area contributed by atoms with E-state index < -0.39 is 5.95 Å². The lowest BCUT2D eigenvalue weighted by Gasteiger charge is -2.35. The molecule has 30 heteroatoms. The third-order valence-corrected chi connectivity index (χ3v) is 20.4. The number of halogens is 3. The number of aryl methyl sites for hydroxylation is 3. The van der Waals surface area contributed by atoms with Gasteiger partial charge in [0.1, 0.15) is 40.6 Å². The number of nitriles is 1. The zero-order valence-corrected chi connectivity index (χ0v) is 69.5. The van der Waals surface area contributed by atoms with Crippen molar-refractivity contribution in [2.24, 2.45) is 0 Å². The van der Waals surface area contributed by atoms with Gasteiger partial charge in [0.05, 0.1) is 84.9 Å². The second-order valence-corrected chi connectivity index (χ2v) is 29.5. The van der Waals surface area contributed by atoms with E-state index in [-0.39, 0.29) is 72.8 Å². The number of benzene rings is 4. The summed E-state index contributed by atoms with van der Waals surface area (Å²) in [6.45, 7) is 14.6. The number of hydrogen-bond acceptors (Lipinski definition) is 21. The molecule has 27 nitrogen and oxygen atoms in total. The number of hydrogen-bond donors (Lipinski definition) is 4. The van der Waals surface area contributed by atoms with Crippen LogP contribution in [-0.4, -0.2) is 157 Å². The number of pyridine rings is 8. The van der Waals surface area contributed by atoms with E-state index in [9.17, 15) is 47.2 Å².